The highest BCUT2D eigenvalue weighted by molar-refractivity contribution is 5.68. The summed E-state index contributed by atoms with van der Waals surface area (Å²) in [5.74, 6) is 0.575. The number of anilines is 2. The van der Waals surface area contributed by atoms with Crippen LogP contribution < -0.4 is 10.6 Å². The molecule has 1 aliphatic rings. The van der Waals surface area contributed by atoms with Gasteiger partial charge < -0.3 is 10.6 Å². The van der Waals surface area contributed by atoms with Crippen molar-refractivity contribution in [3.8, 4) is 0 Å². The van der Waals surface area contributed by atoms with Crippen LogP contribution in [0, 0.1) is 18.7 Å². The minimum atomic E-state index is -0.217. The highest BCUT2D eigenvalue weighted by Gasteiger charge is 2.21. The van der Waals surface area contributed by atoms with E-state index in [0.29, 0.717) is 11.3 Å². The second-order valence-electron chi connectivity index (χ2n) is 5.00. The molecule has 2 rings (SSSR count). The van der Waals surface area contributed by atoms with Crippen LogP contribution in [0.4, 0.5) is 15.8 Å². The largest absolute Gasteiger partial charge is 0.397 e. The first kappa shape index (κ1) is 12.2. The van der Waals surface area contributed by atoms with Gasteiger partial charge in [0.25, 0.3) is 0 Å². The Morgan fingerprint density at radius 1 is 1.41 bits per heavy atom. The van der Waals surface area contributed by atoms with E-state index in [1.807, 2.05) is 6.07 Å². The van der Waals surface area contributed by atoms with Gasteiger partial charge in [0.2, 0.25) is 0 Å². The molecule has 0 heterocycles. The van der Waals surface area contributed by atoms with Crippen molar-refractivity contribution in [3.05, 3.63) is 23.5 Å². The average Bonchev–Trinajstić information content (AvgIpc) is 2.23. The van der Waals surface area contributed by atoms with Gasteiger partial charge in [-0.15, -0.1) is 0 Å². The molecule has 94 valence electrons. The normalized spacial score (nSPS) is 15.7. The maximum atomic E-state index is 13.4. The summed E-state index contributed by atoms with van der Waals surface area (Å²) in [6.45, 7) is 5.88. The summed E-state index contributed by atoms with van der Waals surface area (Å²) in [6, 6.07) is 3.31. The zero-order valence-corrected chi connectivity index (χ0v) is 10.7. The molecule has 0 aromatic heterocycles. The molecule has 17 heavy (non-hydrogen) atoms. The molecule has 0 atom stereocenters. The van der Waals surface area contributed by atoms with Gasteiger partial charge in [-0.25, -0.2) is 4.39 Å². The molecule has 1 aromatic carbocycles. The Hall–Kier alpha value is -1.25. The van der Waals surface area contributed by atoms with Gasteiger partial charge in [-0.2, -0.15) is 0 Å². The summed E-state index contributed by atoms with van der Waals surface area (Å²) < 4.78 is 13.4. The predicted octanol–water partition coefficient (Wildman–Crippen LogP) is 3.34. The van der Waals surface area contributed by atoms with Gasteiger partial charge in [-0.05, 0) is 50.3 Å². The lowest BCUT2D eigenvalue weighted by Crippen LogP contribution is -2.33. The van der Waals surface area contributed by atoms with Crippen molar-refractivity contribution in [2.75, 3.05) is 23.7 Å². The summed E-state index contributed by atoms with van der Waals surface area (Å²) in [4.78, 5) is 2.27. The summed E-state index contributed by atoms with van der Waals surface area (Å²) in [7, 11) is 0. The van der Waals surface area contributed by atoms with E-state index in [4.69, 9.17) is 5.73 Å². The standard InChI is InChI=1S/C14H21FN2/c1-3-17(9-11-5-4-6-11)14-7-10(2)12(15)8-13(14)16/h7-8,11H,3-6,9,16H2,1-2H3. The van der Waals surface area contributed by atoms with Gasteiger partial charge in [0.1, 0.15) is 5.82 Å². The molecule has 1 aliphatic carbocycles. The van der Waals surface area contributed by atoms with Crippen LogP contribution in [0.5, 0.6) is 0 Å². The van der Waals surface area contributed by atoms with Crippen molar-refractivity contribution in [2.45, 2.75) is 33.1 Å². The van der Waals surface area contributed by atoms with E-state index in [1.165, 1.54) is 25.3 Å². The third kappa shape index (κ3) is 2.54. The summed E-state index contributed by atoms with van der Waals surface area (Å²) >= 11 is 0. The van der Waals surface area contributed by atoms with E-state index >= 15 is 0 Å². The van der Waals surface area contributed by atoms with Gasteiger partial charge in [-0.3, -0.25) is 0 Å². The molecule has 0 aliphatic heterocycles. The summed E-state index contributed by atoms with van der Waals surface area (Å²) in [6.07, 6.45) is 3.98. The second-order valence-corrected chi connectivity index (χ2v) is 5.00. The quantitative estimate of drug-likeness (QED) is 0.812. The van der Waals surface area contributed by atoms with Gasteiger partial charge >= 0.3 is 0 Å². The second kappa shape index (κ2) is 4.94. The van der Waals surface area contributed by atoms with E-state index < -0.39 is 0 Å². The van der Waals surface area contributed by atoms with E-state index in [0.717, 1.165) is 24.7 Å². The topological polar surface area (TPSA) is 29.3 Å². The lowest BCUT2D eigenvalue weighted by Gasteiger charge is -2.33. The Bertz CT molecular complexity index is 399. The molecule has 0 spiro atoms. The van der Waals surface area contributed by atoms with Crippen molar-refractivity contribution in [3.63, 3.8) is 0 Å². The Kier molecular flexibility index (Phi) is 3.55. The van der Waals surface area contributed by atoms with Gasteiger partial charge in [0.05, 0.1) is 11.4 Å². The number of aryl methyl sites for hydroxylation is 1. The van der Waals surface area contributed by atoms with E-state index in [-0.39, 0.29) is 5.82 Å². The van der Waals surface area contributed by atoms with Gasteiger partial charge in [-0.1, -0.05) is 6.42 Å². The number of benzene rings is 1. The maximum Gasteiger partial charge on any atom is 0.128 e. The highest BCUT2D eigenvalue weighted by Crippen LogP contribution is 2.32. The smallest absolute Gasteiger partial charge is 0.128 e. The third-order valence-corrected chi connectivity index (χ3v) is 3.73. The molecule has 0 saturated heterocycles. The van der Waals surface area contributed by atoms with Crippen LogP contribution in [0.2, 0.25) is 0 Å². The van der Waals surface area contributed by atoms with E-state index in [9.17, 15) is 4.39 Å². The van der Waals surface area contributed by atoms with Crippen LogP contribution in [-0.4, -0.2) is 13.1 Å². The Morgan fingerprint density at radius 3 is 2.65 bits per heavy atom. The van der Waals surface area contributed by atoms with E-state index in [2.05, 4.69) is 11.8 Å². The number of nitrogen functional groups attached to an aromatic ring is 1. The van der Waals surface area contributed by atoms with Crippen LogP contribution in [0.1, 0.15) is 31.7 Å². The zero-order chi connectivity index (χ0) is 12.4. The third-order valence-electron chi connectivity index (χ3n) is 3.73. The molecule has 2 nitrogen and oxygen atoms in total. The monoisotopic (exact) mass is 236 g/mol. The molecule has 1 saturated carbocycles. The number of nitrogens with two attached hydrogens (primary N) is 1. The minimum Gasteiger partial charge on any atom is -0.397 e. The molecule has 3 heteroatoms. The summed E-state index contributed by atoms with van der Waals surface area (Å²) in [5.41, 5.74) is 8.12. The first-order chi connectivity index (χ1) is 8.11. The lowest BCUT2D eigenvalue weighted by atomic mass is 9.85. The van der Waals surface area contributed by atoms with E-state index in [1.54, 1.807) is 6.92 Å². The van der Waals surface area contributed by atoms with Crippen molar-refractivity contribution >= 4 is 11.4 Å². The molecule has 0 amide bonds. The summed E-state index contributed by atoms with van der Waals surface area (Å²) in [5, 5.41) is 0. The van der Waals surface area contributed by atoms with Gasteiger partial charge in [0.15, 0.2) is 0 Å². The molecular formula is C14H21FN2. The van der Waals surface area contributed by atoms with Crippen LogP contribution in [0.3, 0.4) is 0 Å². The number of nitrogens with zero attached hydrogens (tertiary/aromatic N) is 1. The predicted molar refractivity (Wildman–Crippen MR) is 70.8 cm³/mol. The fraction of sp³-hybridized carbons (Fsp3) is 0.571. The maximum absolute atomic E-state index is 13.4. The molecule has 1 fully saturated rings. The highest BCUT2D eigenvalue weighted by atomic mass is 19.1. The van der Waals surface area contributed by atoms with Crippen molar-refractivity contribution in [2.24, 2.45) is 5.92 Å². The first-order valence-corrected chi connectivity index (χ1v) is 6.42. The molecule has 2 N–H and O–H groups in total. The number of hydrogen-bond donors (Lipinski definition) is 1. The molecule has 0 bridgehead atoms. The fourth-order valence-corrected chi connectivity index (χ4v) is 2.34. The van der Waals surface area contributed by atoms with Crippen molar-refractivity contribution in [1.29, 1.82) is 0 Å². The Balaban J connectivity index is 2.19. The molecule has 0 unspecified atom stereocenters. The number of hydrogen-bond acceptors (Lipinski definition) is 2. The van der Waals surface area contributed by atoms with Crippen LogP contribution in [0.25, 0.3) is 0 Å². The SMILES string of the molecule is CCN(CC1CCC1)c1cc(C)c(F)cc1N. The Labute approximate surface area is 103 Å². The van der Waals surface area contributed by atoms with Crippen LogP contribution in [0.15, 0.2) is 12.1 Å². The molecule has 0 radical (unpaired) electrons. The average molecular weight is 236 g/mol. The first-order valence-electron chi connectivity index (χ1n) is 6.42. The van der Waals surface area contributed by atoms with Crippen LogP contribution >= 0.6 is 0 Å². The number of halogens is 1. The lowest BCUT2D eigenvalue weighted by molar-refractivity contribution is 0.318. The van der Waals surface area contributed by atoms with Crippen LogP contribution in [-0.2, 0) is 0 Å². The fourth-order valence-electron chi connectivity index (χ4n) is 2.34. The Morgan fingerprint density at radius 2 is 2.12 bits per heavy atom. The molecular weight excluding hydrogens is 215 g/mol. The number of rotatable bonds is 4. The zero-order valence-electron chi connectivity index (χ0n) is 10.7. The molecule has 1 aromatic rings. The minimum absolute atomic E-state index is 0.217. The van der Waals surface area contributed by atoms with Gasteiger partial charge in [0, 0.05) is 13.1 Å². The van der Waals surface area contributed by atoms with Crippen molar-refractivity contribution in [1.82, 2.24) is 0 Å². The van der Waals surface area contributed by atoms with Crippen molar-refractivity contribution < 1.29 is 4.39 Å².